The molecule has 1 fully saturated rings. The number of benzene rings is 1. The molecule has 2 rings (SSSR count). The molecule has 0 saturated heterocycles. The van der Waals surface area contributed by atoms with Crippen molar-refractivity contribution >= 4 is 6.03 Å². The predicted octanol–water partition coefficient (Wildman–Crippen LogP) is 2.91. The molecule has 0 spiro atoms. The zero-order valence-corrected chi connectivity index (χ0v) is 12.9. The summed E-state index contributed by atoms with van der Waals surface area (Å²) in [5, 5.41) is 14.9. The van der Waals surface area contributed by atoms with Crippen LogP contribution in [0.5, 0.6) is 0 Å². The number of aryl methyl sites for hydroxylation is 1. The SMILES string of the molecule is Cc1ccc(C(NC(=O)NC(C)CCCO)C2CC2)cc1. The standard InChI is InChI=1S/C17H26N2O2/c1-12-5-7-14(8-6-12)16(15-9-10-15)19-17(21)18-13(2)4-3-11-20/h5-8,13,15-16,20H,3-4,9-11H2,1-2H3,(H2,18,19,21). The number of urea groups is 1. The number of rotatable bonds is 7. The summed E-state index contributed by atoms with van der Waals surface area (Å²) >= 11 is 0. The number of hydrogen-bond acceptors (Lipinski definition) is 2. The lowest BCUT2D eigenvalue weighted by Crippen LogP contribution is -2.43. The summed E-state index contributed by atoms with van der Waals surface area (Å²) in [4.78, 5) is 12.1. The van der Waals surface area contributed by atoms with E-state index in [0.717, 1.165) is 6.42 Å². The molecule has 2 atom stereocenters. The lowest BCUT2D eigenvalue weighted by Gasteiger charge is -2.21. The Labute approximate surface area is 126 Å². The van der Waals surface area contributed by atoms with Gasteiger partial charge < -0.3 is 15.7 Å². The van der Waals surface area contributed by atoms with Gasteiger partial charge in [-0.1, -0.05) is 29.8 Å². The molecule has 0 aliphatic heterocycles. The number of carbonyl (C=O) groups is 1. The molecule has 0 aromatic heterocycles. The van der Waals surface area contributed by atoms with Crippen LogP contribution in [0, 0.1) is 12.8 Å². The first-order chi connectivity index (χ1) is 10.1. The Morgan fingerprint density at radius 1 is 1.29 bits per heavy atom. The van der Waals surface area contributed by atoms with Crippen LogP contribution in [0.3, 0.4) is 0 Å². The molecule has 1 aliphatic rings. The number of nitrogens with one attached hydrogen (secondary N) is 2. The highest BCUT2D eigenvalue weighted by Crippen LogP contribution is 2.40. The Hall–Kier alpha value is -1.55. The minimum Gasteiger partial charge on any atom is -0.396 e. The maximum absolute atomic E-state index is 12.1. The van der Waals surface area contributed by atoms with E-state index in [1.165, 1.54) is 24.0 Å². The van der Waals surface area contributed by atoms with Crippen molar-refractivity contribution in [2.75, 3.05) is 6.61 Å². The smallest absolute Gasteiger partial charge is 0.315 e. The van der Waals surface area contributed by atoms with Crippen molar-refractivity contribution in [2.24, 2.45) is 5.92 Å². The zero-order valence-electron chi connectivity index (χ0n) is 12.9. The van der Waals surface area contributed by atoms with Crippen molar-refractivity contribution in [3.63, 3.8) is 0 Å². The van der Waals surface area contributed by atoms with Crippen LogP contribution in [0.25, 0.3) is 0 Å². The molecule has 0 heterocycles. The Kier molecular flexibility index (Phi) is 5.62. The van der Waals surface area contributed by atoms with Gasteiger partial charge in [0.2, 0.25) is 0 Å². The molecule has 1 aliphatic carbocycles. The normalized spacial score (nSPS) is 17.1. The highest BCUT2D eigenvalue weighted by molar-refractivity contribution is 5.74. The summed E-state index contributed by atoms with van der Waals surface area (Å²) in [6.07, 6.45) is 3.87. The highest BCUT2D eigenvalue weighted by Gasteiger charge is 2.33. The summed E-state index contributed by atoms with van der Waals surface area (Å²) in [6, 6.07) is 8.47. The molecule has 1 saturated carbocycles. The van der Waals surface area contributed by atoms with Crippen LogP contribution in [-0.2, 0) is 0 Å². The first-order valence-electron chi connectivity index (χ1n) is 7.84. The molecule has 3 N–H and O–H groups in total. The third kappa shape index (κ3) is 5.05. The van der Waals surface area contributed by atoms with Crippen LogP contribution in [0.15, 0.2) is 24.3 Å². The minimum absolute atomic E-state index is 0.0787. The van der Waals surface area contributed by atoms with E-state index < -0.39 is 0 Å². The van der Waals surface area contributed by atoms with Gasteiger partial charge in [0.05, 0.1) is 6.04 Å². The summed E-state index contributed by atoms with van der Waals surface area (Å²) in [5.41, 5.74) is 2.41. The van der Waals surface area contributed by atoms with E-state index in [-0.39, 0.29) is 24.7 Å². The number of aliphatic hydroxyl groups excluding tert-OH is 1. The molecule has 2 amide bonds. The molecular weight excluding hydrogens is 264 g/mol. The van der Waals surface area contributed by atoms with Gasteiger partial charge in [-0.15, -0.1) is 0 Å². The molecule has 1 aromatic carbocycles. The summed E-state index contributed by atoms with van der Waals surface area (Å²) in [7, 11) is 0. The van der Waals surface area contributed by atoms with Crippen molar-refractivity contribution in [1.29, 1.82) is 0 Å². The summed E-state index contributed by atoms with van der Waals surface area (Å²) in [5.74, 6) is 0.561. The van der Waals surface area contributed by atoms with Gasteiger partial charge in [0.1, 0.15) is 0 Å². The van der Waals surface area contributed by atoms with E-state index in [0.29, 0.717) is 12.3 Å². The summed E-state index contributed by atoms with van der Waals surface area (Å²) in [6.45, 7) is 4.20. The van der Waals surface area contributed by atoms with Crippen LogP contribution in [0.1, 0.15) is 49.8 Å². The van der Waals surface area contributed by atoms with E-state index in [1.807, 2.05) is 6.92 Å². The second-order valence-corrected chi connectivity index (χ2v) is 6.11. The minimum atomic E-state index is -0.113. The summed E-state index contributed by atoms with van der Waals surface area (Å²) < 4.78 is 0. The van der Waals surface area contributed by atoms with Crippen LogP contribution >= 0.6 is 0 Å². The number of carbonyl (C=O) groups excluding carboxylic acids is 1. The third-order valence-corrected chi connectivity index (χ3v) is 3.99. The van der Waals surface area contributed by atoms with Crippen molar-refractivity contribution in [3.8, 4) is 0 Å². The fraction of sp³-hybridized carbons (Fsp3) is 0.588. The second-order valence-electron chi connectivity index (χ2n) is 6.11. The average molecular weight is 290 g/mol. The van der Waals surface area contributed by atoms with E-state index in [1.54, 1.807) is 0 Å². The largest absolute Gasteiger partial charge is 0.396 e. The number of amides is 2. The first-order valence-corrected chi connectivity index (χ1v) is 7.84. The van der Waals surface area contributed by atoms with Crippen LogP contribution in [-0.4, -0.2) is 23.8 Å². The maximum atomic E-state index is 12.1. The topological polar surface area (TPSA) is 61.4 Å². The Morgan fingerprint density at radius 2 is 1.95 bits per heavy atom. The molecule has 4 nitrogen and oxygen atoms in total. The van der Waals surface area contributed by atoms with Gasteiger partial charge >= 0.3 is 6.03 Å². The molecule has 1 aromatic rings. The van der Waals surface area contributed by atoms with Gasteiger partial charge in [0, 0.05) is 12.6 Å². The molecule has 21 heavy (non-hydrogen) atoms. The van der Waals surface area contributed by atoms with Crippen LogP contribution in [0.2, 0.25) is 0 Å². The predicted molar refractivity (Wildman–Crippen MR) is 84.1 cm³/mol. The lowest BCUT2D eigenvalue weighted by atomic mass is 10.0. The quantitative estimate of drug-likeness (QED) is 0.723. The van der Waals surface area contributed by atoms with Crippen molar-refractivity contribution in [1.82, 2.24) is 10.6 Å². The monoisotopic (exact) mass is 290 g/mol. The van der Waals surface area contributed by atoms with Gasteiger partial charge in [-0.2, -0.15) is 0 Å². The molecule has 116 valence electrons. The lowest BCUT2D eigenvalue weighted by molar-refractivity contribution is 0.229. The molecule has 2 unspecified atom stereocenters. The molecular formula is C17H26N2O2. The van der Waals surface area contributed by atoms with Crippen molar-refractivity contribution in [3.05, 3.63) is 35.4 Å². The second kappa shape index (κ2) is 7.46. The first kappa shape index (κ1) is 15.8. The zero-order chi connectivity index (χ0) is 15.2. The number of aliphatic hydroxyl groups is 1. The Morgan fingerprint density at radius 3 is 2.52 bits per heavy atom. The average Bonchev–Trinajstić information content (AvgIpc) is 3.28. The van der Waals surface area contributed by atoms with Crippen molar-refractivity contribution < 1.29 is 9.90 Å². The van der Waals surface area contributed by atoms with E-state index in [4.69, 9.17) is 5.11 Å². The van der Waals surface area contributed by atoms with Crippen molar-refractivity contribution in [2.45, 2.75) is 51.6 Å². The maximum Gasteiger partial charge on any atom is 0.315 e. The highest BCUT2D eigenvalue weighted by atomic mass is 16.3. The van der Waals surface area contributed by atoms with Gasteiger partial charge in [0.25, 0.3) is 0 Å². The molecule has 0 radical (unpaired) electrons. The molecule has 0 bridgehead atoms. The Balaban J connectivity index is 1.91. The van der Waals surface area contributed by atoms with Gasteiger partial charge in [-0.25, -0.2) is 4.79 Å². The molecule has 4 heteroatoms. The van der Waals surface area contributed by atoms with E-state index >= 15 is 0 Å². The van der Waals surface area contributed by atoms with Gasteiger partial charge in [0.15, 0.2) is 0 Å². The van der Waals surface area contributed by atoms with Crippen LogP contribution in [0.4, 0.5) is 4.79 Å². The van der Waals surface area contributed by atoms with Crippen LogP contribution < -0.4 is 10.6 Å². The van der Waals surface area contributed by atoms with Gasteiger partial charge in [-0.05, 0) is 51.0 Å². The van der Waals surface area contributed by atoms with E-state index in [2.05, 4.69) is 41.8 Å². The number of hydrogen-bond donors (Lipinski definition) is 3. The third-order valence-electron chi connectivity index (χ3n) is 3.99. The fourth-order valence-electron chi connectivity index (χ4n) is 2.55. The Bertz CT molecular complexity index is 454. The van der Waals surface area contributed by atoms with Gasteiger partial charge in [-0.3, -0.25) is 0 Å². The van der Waals surface area contributed by atoms with E-state index in [9.17, 15) is 4.79 Å². The fourth-order valence-corrected chi connectivity index (χ4v) is 2.55.